The SMILES string of the molecule is COC(=O)c1ccc(C(O)c2c(C)cccc2C)o1. The summed E-state index contributed by atoms with van der Waals surface area (Å²) in [5.74, 6) is -0.138. The van der Waals surface area contributed by atoms with E-state index in [9.17, 15) is 9.90 Å². The fraction of sp³-hybridized carbons (Fsp3) is 0.267. The van der Waals surface area contributed by atoms with Crippen LogP contribution >= 0.6 is 0 Å². The van der Waals surface area contributed by atoms with Crippen molar-refractivity contribution in [2.45, 2.75) is 20.0 Å². The van der Waals surface area contributed by atoms with E-state index in [1.165, 1.54) is 13.2 Å². The molecule has 0 aliphatic heterocycles. The van der Waals surface area contributed by atoms with E-state index in [0.717, 1.165) is 16.7 Å². The Morgan fingerprint density at radius 3 is 2.42 bits per heavy atom. The van der Waals surface area contributed by atoms with Crippen LogP contribution in [0.2, 0.25) is 0 Å². The number of hydrogen-bond donors (Lipinski definition) is 1. The number of benzene rings is 1. The lowest BCUT2D eigenvalue weighted by molar-refractivity contribution is 0.0558. The molecule has 1 N–H and O–H groups in total. The molecule has 0 saturated heterocycles. The van der Waals surface area contributed by atoms with Crippen molar-refractivity contribution in [1.29, 1.82) is 0 Å². The lowest BCUT2D eigenvalue weighted by atomic mass is 9.97. The Kier molecular flexibility index (Phi) is 3.71. The van der Waals surface area contributed by atoms with Crippen molar-refractivity contribution in [2.24, 2.45) is 0 Å². The van der Waals surface area contributed by atoms with Gasteiger partial charge in [0.2, 0.25) is 5.76 Å². The minimum Gasteiger partial charge on any atom is -0.463 e. The fourth-order valence-electron chi connectivity index (χ4n) is 2.11. The van der Waals surface area contributed by atoms with Crippen molar-refractivity contribution in [2.75, 3.05) is 7.11 Å². The highest BCUT2D eigenvalue weighted by Gasteiger charge is 2.20. The maximum absolute atomic E-state index is 11.3. The third-order valence-electron chi connectivity index (χ3n) is 3.10. The average molecular weight is 260 g/mol. The summed E-state index contributed by atoms with van der Waals surface area (Å²) in [6.45, 7) is 3.85. The second-order valence-electron chi connectivity index (χ2n) is 4.40. The van der Waals surface area contributed by atoms with Gasteiger partial charge in [-0.2, -0.15) is 0 Å². The molecule has 1 aromatic heterocycles. The first-order valence-corrected chi connectivity index (χ1v) is 5.96. The second-order valence-corrected chi connectivity index (χ2v) is 4.40. The van der Waals surface area contributed by atoms with E-state index in [2.05, 4.69) is 4.74 Å². The largest absolute Gasteiger partial charge is 0.463 e. The lowest BCUT2D eigenvalue weighted by Gasteiger charge is -2.14. The Morgan fingerprint density at radius 1 is 1.21 bits per heavy atom. The number of carbonyl (C=O) groups excluding carboxylic acids is 1. The van der Waals surface area contributed by atoms with E-state index < -0.39 is 12.1 Å². The predicted molar refractivity (Wildman–Crippen MR) is 70.0 cm³/mol. The molecule has 1 aromatic carbocycles. The van der Waals surface area contributed by atoms with E-state index >= 15 is 0 Å². The summed E-state index contributed by atoms with van der Waals surface area (Å²) >= 11 is 0. The smallest absolute Gasteiger partial charge is 0.373 e. The van der Waals surface area contributed by atoms with Gasteiger partial charge in [0.1, 0.15) is 11.9 Å². The van der Waals surface area contributed by atoms with Crippen LogP contribution in [-0.4, -0.2) is 18.2 Å². The number of rotatable bonds is 3. The molecule has 0 amide bonds. The minimum atomic E-state index is -0.889. The molecule has 1 unspecified atom stereocenters. The highest BCUT2D eigenvalue weighted by Crippen LogP contribution is 2.28. The first kappa shape index (κ1) is 13.4. The summed E-state index contributed by atoms with van der Waals surface area (Å²) < 4.78 is 9.91. The van der Waals surface area contributed by atoms with Gasteiger partial charge < -0.3 is 14.3 Å². The van der Waals surface area contributed by atoms with Crippen LogP contribution in [0, 0.1) is 13.8 Å². The van der Waals surface area contributed by atoms with Crippen molar-refractivity contribution in [3.63, 3.8) is 0 Å². The number of ether oxygens (including phenoxy) is 1. The number of methoxy groups -OCH3 is 1. The molecule has 0 spiro atoms. The normalized spacial score (nSPS) is 12.2. The molecule has 0 aliphatic rings. The van der Waals surface area contributed by atoms with Gasteiger partial charge in [0.25, 0.3) is 0 Å². The van der Waals surface area contributed by atoms with Gasteiger partial charge in [0.15, 0.2) is 0 Å². The second kappa shape index (κ2) is 5.28. The number of carbonyl (C=O) groups is 1. The summed E-state index contributed by atoms with van der Waals surface area (Å²) in [7, 11) is 1.28. The molecule has 100 valence electrons. The van der Waals surface area contributed by atoms with Crippen LogP contribution in [0.4, 0.5) is 0 Å². The molecular weight excluding hydrogens is 244 g/mol. The zero-order valence-electron chi connectivity index (χ0n) is 11.1. The van der Waals surface area contributed by atoms with Gasteiger partial charge in [0.05, 0.1) is 7.11 Å². The van der Waals surface area contributed by atoms with Crippen LogP contribution < -0.4 is 0 Å². The lowest BCUT2D eigenvalue weighted by Crippen LogP contribution is -2.04. The van der Waals surface area contributed by atoms with Crippen molar-refractivity contribution in [1.82, 2.24) is 0 Å². The Bertz CT molecular complexity index is 578. The molecule has 2 aromatic rings. The summed E-state index contributed by atoms with van der Waals surface area (Å²) in [6.07, 6.45) is -0.889. The Morgan fingerprint density at radius 2 is 1.84 bits per heavy atom. The first-order valence-electron chi connectivity index (χ1n) is 5.96. The fourth-order valence-corrected chi connectivity index (χ4v) is 2.11. The number of furan rings is 1. The monoisotopic (exact) mass is 260 g/mol. The van der Waals surface area contributed by atoms with Gasteiger partial charge in [-0.3, -0.25) is 0 Å². The van der Waals surface area contributed by atoms with Crippen molar-refractivity contribution < 1.29 is 19.1 Å². The van der Waals surface area contributed by atoms with E-state index in [-0.39, 0.29) is 5.76 Å². The van der Waals surface area contributed by atoms with Gasteiger partial charge in [0, 0.05) is 0 Å². The van der Waals surface area contributed by atoms with E-state index in [0.29, 0.717) is 5.76 Å². The third kappa shape index (κ3) is 2.53. The predicted octanol–water partition coefficient (Wildman–Crippen LogP) is 2.76. The molecule has 1 heterocycles. The van der Waals surface area contributed by atoms with Crippen molar-refractivity contribution >= 4 is 5.97 Å². The molecule has 1 atom stereocenters. The van der Waals surface area contributed by atoms with Crippen LogP contribution in [0.15, 0.2) is 34.7 Å². The quantitative estimate of drug-likeness (QED) is 0.862. The maximum Gasteiger partial charge on any atom is 0.373 e. The summed E-state index contributed by atoms with van der Waals surface area (Å²) in [5.41, 5.74) is 2.75. The number of aryl methyl sites for hydroxylation is 2. The van der Waals surface area contributed by atoms with Gasteiger partial charge in [-0.1, -0.05) is 18.2 Å². The first-order chi connectivity index (χ1) is 9.04. The molecule has 0 radical (unpaired) electrons. The molecule has 0 saturated carbocycles. The Hall–Kier alpha value is -2.07. The minimum absolute atomic E-state index is 0.0859. The summed E-state index contributed by atoms with van der Waals surface area (Å²) in [6, 6.07) is 8.87. The molecular formula is C15H16O4. The third-order valence-corrected chi connectivity index (χ3v) is 3.10. The number of aliphatic hydroxyl groups excluding tert-OH is 1. The standard InChI is InChI=1S/C15H16O4/c1-9-5-4-6-10(2)13(9)14(16)11-7-8-12(19-11)15(17)18-3/h4-8,14,16H,1-3H3. The van der Waals surface area contributed by atoms with Crippen LogP contribution in [0.25, 0.3) is 0 Å². The highest BCUT2D eigenvalue weighted by molar-refractivity contribution is 5.86. The molecule has 4 heteroatoms. The molecule has 2 rings (SSSR count). The Labute approximate surface area is 111 Å². The zero-order valence-corrected chi connectivity index (χ0v) is 11.1. The van der Waals surface area contributed by atoms with Crippen LogP contribution in [0.3, 0.4) is 0 Å². The van der Waals surface area contributed by atoms with Crippen LogP contribution in [0.1, 0.15) is 39.1 Å². The van der Waals surface area contributed by atoms with Gasteiger partial charge in [-0.25, -0.2) is 4.79 Å². The van der Waals surface area contributed by atoms with Crippen molar-refractivity contribution in [3.8, 4) is 0 Å². The zero-order chi connectivity index (χ0) is 14.0. The van der Waals surface area contributed by atoms with Crippen LogP contribution in [-0.2, 0) is 4.74 Å². The molecule has 19 heavy (non-hydrogen) atoms. The van der Waals surface area contributed by atoms with Gasteiger partial charge in [-0.15, -0.1) is 0 Å². The number of aliphatic hydroxyl groups is 1. The Balaban J connectivity index is 2.36. The number of esters is 1. The van der Waals surface area contributed by atoms with Gasteiger partial charge >= 0.3 is 5.97 Å². The van der Waals surface area contributed by atoms with E-state index in [1.807, 2.05) is 32.0 Å². The average Bonchev–Trinajstić information content (AvgIpc) is 2.87. The molecule has 0 bridgehead atoms. The topological polar surface area (TPSA) is 59.7 Å². The number of hydrogen-bond acceptors (Lipinski definition) is 4. The highest BCUT2D eigenvalue weighted by atomic mass is 16.5. The van der Waals surface area contributed by atoms with E-state index in [4.69, 9.17) is 4.42 Å². The summed E-state index contributed by atoms with van der Waals surface area (Å²) in [4.78, 5) is 11.3. The van der Waals surface area contributed by atoms with Crippen molar-refractivity contribution in [3.05, 3.63) is 58.5 Å². The van der Waals surface area contributed by atoms with Crippen LogP contribution in [0.5, 0.6) is 0 Å². The molecule has 0 aliphatic carbocycles. The molecule has 4 nitrogen and oxygen atoms in total. The van der Waals surface area contributed by atoms with E-state index in [1.54, 1.807) is 6.07 Å². The summed E-state index contributed by atoms with van der Waals surface area (Å²) in [5, 5.41) is 10.4. The molecule has 0 fully saturated rings. The van der Waals surface area contributed by atoms with Gasteiger partial charge in [-0.05, 0) is 42.7 Å². The maximum atomic E-state index is 11.3.